The van der Waals surface area contributed by atoms with Crippen LogP contribution in [0.3, 0.4) is 0 Å². The van der Waals surface area contributed by atoms with Crippen molar-refractivity contribution in [3.05, 3.63) is 265 Å². The molecule has 8 nitrogen and oxygen atoms in total. The first-order valence-electron chi connectivity index (χ1n) is 22.8. The van der Waals surface area contributed by atoms with E-state index in [2.05, 4.69) is 26.3 Å². The molecule has 72 heavy (non-hydrogen) atoms. The quantitative estimate of drug-likeness (QED) is 0.0448. The van der Waals surface area contributed by atoms with Crippen LogP contribution in [0.5, 0.6) is 23.0 Å². The number of esters is 4. The Labute approximate surface area is 421 Å². The van der Waals surface area contributed by atoms with Crippen LogP contribution in [-0.4, -0.2) is 36.2 Å². The minimum Gasteiger partial charge on any atom is -0.423 e. The lowest BCUT2D eigenvalue weighted by atomic mass is 10.1. The van der Waals surface area contributed by atoms with E-state index in [-0.39, 0.29) is 0 Å². The summed E-state index contributed by atoms with van der Waals surface area (Å²) in [4.78, 5) is 52.4. The van der Waals surface area contributed by atoms with Gasteiger partial charge in [-0.05, 0) is 169 Å². The lowest BCUT2D eigenvalue weighted by molar-refractivity contribution is 0.0725. The van der Waals surface area contributed by atoms with Crippen molar-refractivity contribution in [2.75, 3.05) is 12.3 Å². The van der Waals surface area contributed by atoms with Gasteiger partial charge >= 0.3 is 23.9 Å². The third-order valence-corrected chi connectivity index (χ3v) is 16.9. The number of carbonyl (C=O) groups excluding carboxylic acids is 4. The second-order valence-electron chi connectivity index (χ2n) is 16.1. The highest BCUT2D eigenvalue weighted by atomic mass is 31.1. The van der Waals surface area contributed by atoms with E-state index in [1.54, 1.807) is 121 Å². The van der Waals surface area contributed by atoms with Crippen molar-refractivity contribution in [1.29, 1.82) is 0 Å². The molecule has 0 fully saturated rings. The highest BCUT2D eigenvalue weighted by Crippen LogP contribution is 2.42. The summed E-state index contributed by atoms with van der Waals surface area (Å²) in [7, 11) is -2.12. The lowest BCUT2D eigenvalue weighted by Crippen LogP contribution is -2.20. The fourth-order valence-corrected chi connectivity index (χ4v) is 12.7. The third-order valence-electron chi connectivity index (χ3n) is 11.5. The number of hydrogen-bond donors (Lipinski definition) is 0. The van der Waals surface area contributed by atoms with Crippen molar-refractivity contribution in [3.63, 3.8) is 0 Å². The molecule has 0 radical (unpaired) electrons. The van der Waals surface area contributed by atoms with Crippen molar-refractivity contribution < 1.29 is 38.1 Å². The normalized spacial score (nSPS) is 10.8. The molecule has 0 saturated heterocycles. The maximum absolute atomic E-state index is 13.1. The highest BCUT2D eigenvalue weighted by Gasteiger charge is 2.22. The molecule has 354 valence electrons. The minimum absolute atomic E-state index is 0.404. The molecule has 0 spiro atoms. The van der Waals surface area contributed by atoms with E-state index >= 15 is 0 Å². The number of benzene rings is 8. The van der Waals surface area contributed by atoms with Gasteiger partial charge in [0.25, 0.3) is 0 Å². The van der Waals surface area contributed by atoms with Gasteiger partial charge in [-0.2, -0.15) is 0 Å². The van der Waals surface area contributed by atoms with Gasteiger partial charge in [-0.15, -0.1) is 0 Å². The molecule has 8 aromatic rings. The van der Waals surface area contributed by atoms with Crippen molar-refractivity contribution >= 4 is 85.2 Å². The highest BCUT2D eigenvalue weighted by molar-refractivity contribution is 7.76. The van der Waals surface area contributed by atoms with Gasteiger partial charge in [0.05, 0.1) is 22.3 Å². The summed E-state index contributed by atoms with van der Waals surface area (Å²) in [5, 5.41) is 4.14. The number of hydrogen-bond acceptors (Lipinski definition) is 8. The topological polar surface area (TPSA) is 105 Å². The number of carbonyl (C=O) groups is 4. The molecular weight excluding hydrogens is 935 g/mol. The van der Waals surface area contributed by atoms with Crippen LogP contribution in [0.4, 0.5) is 0 Å². The zero-order valence-corrected chi connectivity index (χ0v) is 41.0. The molecular formula is C62H48O8P2. The Morgan fingerprint density at radius 2 is 0.472 bits per heavy atom. The van der Waals surface area contributed by atoms with Crippen LogP contribution in [0.1, 0.15) is 63.7 Å². The molecule has 0 aromatic heterocycles. The summed E-state index contributed by atoms with van der Waals surface area (Å²) >= 11 is 0. The molecule has 0 aliphatic heterocycles. The molecule has 0 amide bonds. The molecule has 0 N–H and O–H groups in total. The predicted octanol–water partition coefficient (Wildman–Crippen LogP) is 12.7. The van der Waals surface area contributed by atoms with E-state index in [9.17, 15) is 19.2 Å². The molecule has 0 unspecified atom stereocenters. The van der Waals surface area contributed by atoms with E-state index < -0.39 is 39.7 Å². The van der Waals surface area contributed by atoms with E-state index in [4.69, 9.17) is 18.9 Å². The van der Waals surface area contributed by atoms with Gasteiger partial charge in [-0.1, -0.05) is 148 Å². The van der Waals surface area contributed by atoms with E-state index in [1.807, 2.05) is 97.1 Å². The molecule has 10 heteroatoms. The third kappa shape index (κ3) is 12.8. The van der Waals surface area contributed by atoms with E-state index in [0.717, 1.165) is 55.8 Å². The van der Waals surface area contributed by atoms with Gasteiger partial charge in [0, 0.05) is 0 Å². The Balaban J connectivity index is 1.07. The predicted molar refractivity (Wildman–Crippen MR) is 294 cm³/mol. The molecule has 0 saturated carbocycles. The summed E-state index contributed by atoms with van der Waals surface area (Å²) < 4.78 is 23.2. The fourth-order valence-electron chi connectivity index (χ4n) is 7.48. The average molecular weight is 983 g/mol. The zero-order valence-electron chi connectivity index (χ0n) is 39.2. The fraction of sp³-hybridized carbons (Fsp3) is 0.0323. The first-order chi connectivity index (χ1) is 35.1. The van der Waals surface area contributed by atoms with Crippen LogP contribution in [0, 0.1) is 0 Å². The zero-order chi connectivity index (χ0) is 50.4. The van der Waals surface area contributed by atoms with Crippen molar-refractivity contribution in [2.45, 2.75) is 0 Å². The maximum atomic E-state index is 13.1. The molecule has 0 atom stereocenters. The summed E-state index contributed by atoms with van der Waals surface area (Å²) in [5.41, 5.74) is 5.26. The van der Waals surface area contributed by atoms with Gasteiger partial charge in [-0.3, -0.25) is 0 Å². The molecule has 8 aromatic carbocycles. The van der Waals surface area contributed by atoms with Gasteiger partial charge in [0.1, 0.15) is 23.0 Å². The van der Waals surface area contributed by atoms with Crippen LogP contribution >= 0.6 is 15.8 Å². The molecule has 0 aliphatic rings. The van der Waals surface area contributed by atoms with Gasteiger partial charge < -0.3 is 18.9 Å². The van der Waals surface area contributed by atoms with E-state index in [0.29, 0.717) is 45.3 Å². The minimum atomic E-state index is -1.06. The van der Waals surface area contributed by atoms with Crippen LogP contribution in [0.15, 0.2) is 220 Å². The molecule has 0 heterocycles. The van der Waals surface area contributed by atoms with Crippen molar-refractivity contribution in [3.8, 4) is 23.0 Å². The summed E-state index contributed by atoms with van der Waals surface area (Å²) in [5.74, 6) is -0.277. The monoisotopic (exact) mass is 982 g/mol. The number of ether oxygens (including phenoxy) is 4. The smallest absolute Gasteiger partial charge is 0.343 e. The Bertz CT molecular complexity index is 2780. The first-order valence-corrected chi connectivity index (χ1v) is 25.9. The molecule has 0 bridgehead atoms. The van der Waals surface area contributed by atoms with Gasteiger partial charge in [-0.25, -0.2) is 19.2 Å². The second-order valence-corrected chi connectivity index (χ2v) is 20.8. The van der Waals surface area contributed by atoms with Crippen LogP contribution in [0.25, 0.3) is 24.3 Å². The Kier molecular flexibility index (Phi) is 16.5. The number of rotatable bonds is 19. The summed E-state index contributed by atoms with van der Waals surface area (Å²) in [6, 6.07) is 58.5. The lowest BCUT2D eigenvalue weighted by Gasteiger charge is -2.24. The average Bonchev–Trinajstić information content (AvgIpc) is 3.43. The SMILES string of the molecule is C=Cc1ccc(C(=O)Oc2ccc(P(CCP(c3ccc(OC(=O)c4ccc(C=C)cc4)cc3)c3ccc(OC(=O)c4ccc(C=C)cc4)cc3)c3ccc(OC(=O)c4ccc(C=C)cc4)cc3)cc2)cc1. The van der Waals surface area contributed by atoms with Gasteiger partial charge in [0.2, 0.25) is 0 Å². The van der Waals surface area contributed by atoms with Crippen LogP contribution in [0.2, 0.25) is 0 Å². The Hall–Kier alpha value is -8.54. The van der Waals surface area contributed by atoms with E-state index in [1.165, 1.54) is 0 Å². The summed E-state index contributed by atoms with van der Waals surface area (Å²) in [6.45, 7) is 15.1. The Morgan fingerprint density at radius 1 is 0.292 bits per heavy atom. The van der Waals surface area contributed by atoms with Gasteiger partial charge in [0.15, 0.2) is 0 Å². The second kappa shape index (κ2) is 23.9. The summed E-state index contributed by atoms with van der Waals surface area (Å²) in [6.07, 6.45) is 8.28. The molecule has 0 aliphatic carbocycles. The first kappa shape index (κ1) is 49.9. The molecule has 8 rings (SSSR count). The maximum Gasteiger partial charge on any atom is 0.343 e. The van der Waals surface area contributed by atoms with Crippen LogP contribution < -0.4 is 40.2 Å². The standard InChI is InChI=1S/C62H48O8P2/c1-5-43-9-17-47(18-10-43)59(63)67-51-25-33-55(34-26-51)71(56-35-27-52(28-36-56)68-60(64)48-19-11-44(6-2)12-20-48)41-42-72(57-37-29-53(30-38-57)69-61(65)49-21-13-45(7-3)14-22-49)58-39-31-54(32-40-58)70-62(66)50-23-15-46(8-4)16-24-50/h5-40H,1-4,41-42H2. The van der Waals surface area contributed by atoms with Crippen molar-refractivity contribution in [2.24, 2.45) is 0 Å². The van der Waals surface area contributed by atoms with Crippen LogP contribution in [-0.2, 0) is 0 Å². The largest absolute Gasteiger partial charge is 0.423 e. The Morgan fingerprint density at radius 3 is 0.639 bits per heavy atom. The van der Waals surface area contributed by atoms with Crippen molar-refractivity contribution in [1.82, 2.24) is 0 Å².